The van der Waals surface area contributed by atoms with E-state index in [-0.39, 0.29) is 25.0 Å². The van der Waals surface area contributed by atoms with Crippen LogP contribution in [0, 0.1) is 0 Å². The van der Waals surface area contributed by atoms with E-state index in [4.69, 9.17) is 9.47 Å². The zero-order valence-electron chi connectivity index (χ0n) is 14.4. The fourth-order valence-corrected chi connectivity index (χ4v) is 2.20. The zero-order chi connectivity index (χ0) is 17.5. The van der Waals surface area contributed by atoms with Crippen molar-refractivity contribution in [1.29, 1.82) is 0 Å². The number of ether oxygens (including phenoxy) is 2. The van der Waals surface area contributed by atoms with Crippen LogP contribution in [-0.4, -0.2) is 79.7 Å². The van der Waals surface area contributed by atoms with Gasteiger partial charge in [0.05, 0.1) is 0 Å². The van der Waals surface area contributed by atoms with Crippen molar-refractivity contribution in [1.82, 2.24) is 15.1 Å². The molecule has 0 spiro atoms. The number of amides is 3. The van der Waals surface area contributed by atoms with Gasteiger partial charge in [0.2, 0.25) is 11.8 Å². The van der Waals surface area contributed by atoms with Gasteiger partial charge in [-0.1, -0.05) is 0 Å². The van der Waals surface area contributed by atoms with E-state index in [0.717, 1.165) is 0 Å². The number of alkyl carbamates (subject to hydrolysis) is 1. The fraction of sp³-hybridized carbons (Fsp3) is 0.800. The van der Waals surface area contributed by atoms with E-state index in [0.29, 0.717) is 32.6 Å². The van der Waals surface area contributed by atoms with Gasteiger partial charge < -0.3 is 24.6 Å². The average molecular weight is 329 g/mol. The van der Waals surface area contributed by atoms with Crippen LogP contribution in [0.15, 0.2) is 0 Å². The van der Waals surface area contributed by atoms with Gasteiger partial charge in [0.15, 0.2) is 0 Å². The highest BCUT2D eigenvalue weighted by Crippen LogP contribution is 2.07. The van der Waals surface area contributed by atoms with Crippen LogP contribution in [0.25, 0.3) is 0 Å². The lowest BCUT2D eigenvalue weighted by Crippen LogP contribution is -2.43. The van der Waals surface area contributed by atoms with Gasteiger partial charge in [-0.25, -0.2) is 4.79 Å². The van der Waals surface area contributed by atoms with Gasteiger partial charge in [-0.3, -0.25) is 9.59 Å². The molecule has 8 heteroatoms. The third kappa shape index (κ3) is 7.32. The van der Waals surface area contributed by atoms with Crippen molar-refractivity contribution in [2.24, 2.45) is 0 Å². The molecule has 0 aliphatic carbocycles. The van der Waals surface area contributed by atoms with Gasteiger partial charge >= 0.3 is 6.09 Å². The second kappa shape index (κ2) is 8.71. The minimum atomic E-state index is -0.613. The van der Waals surface area contributed by atoms with Crippen LogP contribution in [0.1, 0.15) is 27.2 Å². The summed E-state index contributed by atoms with van der Waals surface area (Å²) in [6.07, 6.45) is 0.0887. The third-order valence-corrected chi connectivity index (χ3v) is 3.25. The molecule has 1 N–H and O–H groups in total. The summed E-state index contributed by atoms with van der Waals surface area (Å²) in [6.45, 7) is 7.30. The van der Waals surface area contributed by atoms with E-state index in [9.17, 15) is 14.4 Å². The molecule has 0 aromatic rings. The Kier molecular flexibility index (Phi) is 7.28. The molecule has 23 heavy (non-hydrogen) atoms. The number of hydrogen-bond donors (Lipinski definition) is 1. The van der Waals surface area contributed by atoms with Crippen molar-refractivity contribution in [3.05, 3.63) is 0 Å². The van der Waals surface area contributed by atoms with E-state index in [1.54, 1.807) is 30.6 Å². The van der Waals surface area contributed by atoms with Crippen molar-refractivity contribution in [2.45, 2.75) is 32.8 Å². The quantitative estimate of drug-likeness (QED) is 0.797. The van der Waals surface area contributed by atoms with E-state index >= 15 is 0 Å². The van der Waals surface area contributed by atoms with Crippen LogP contribution in [0.2, 0.25) is 0 Å². The van der Waals surface area contributed by atoms with Crippen LogP contribution in [-0.2, 0) is 19.1 Å². The number of nitrogens with one attached hydrogen (secondary N) is 1. The molecule has 1 saturated heterocycles. The van der Waals surface area contributed by atoms with Gasteiger partial charge in [0, 0.05) is 33.3 Å². The molecule has 0 radical (unpaired) electrons. The van der Waals surface area contributed by atoms with Crippen molar-refractivity contribution >= 4 is 17.9 Å². The molecule has 0 atom stereocenters. The summed E-state index contributed by atoms with van der Waals surface area (Å²) < 4.78 is 9.93. The largest absolute Gasteiger partial charge is 0.444 e. The summed E-state index contributed by atoms with van der Waals surface area (Å²) in [5.41, 5.74) is -0.599. The van der Waals surface area contributed by atoms with E-state index < -0.39 is 11.7 Å². The van der Waals surface area contributed by atoms with E-state index in [1.165, 1.54) is 7.11 Å². The number of hydrogen-bond acceptors (Lipinski definition) is 5. The number of carbonyl (C=O) groups excluding carboxylic acids is 3. The molecule has 0 unspecified atom stereocenters. The second-order valence-corrected chi connectivity index (χ2v) is 6.40. The summed E-state index contributed by atoms with van der Waals surface area (Å²) >= 11 is 0. The molecule has 132 valence electrons. The predicted molar refractivity (Wildman–Crippen MR) is 83.9 cm³/mol. The van der Waals surface area contributed by atoms with Gasteiger partial charge in [0.1, 0.15) is 18.8 Å². The maximum atomic E-state index is 12.2. The highest BCUT2D eigenvalue weighted by molar-refractivity contribution is 5.82. The van der Waals surface area contributed by atoms with Crippen LogP contribution in [0.4, 0.5) is 4.79 Å². The first-order valence-electron chi connectivity index (χ1n) is 7.74. The SMILES string of the molecule is COCC(=O)N1CCCN(C(=O)CNC(=O)OC(C)(C)C)CC1. The Labute approximate surface area is 137 Å². The monoisotopic (exact) mass is 329 g/mol. The van der Waals surface area contributed by atoms with Crippen molar-refractivity contribution < 1.29 is 23.9 Å². The van der Waals surface area contributed by atoms with Crippen LogP contribution < -0.4 is 5.32 Å². The highest BCUT2D eigenvalue weighted by atomic mass is 16.6. The van der Waals surface area contributed by atoms with Gasteiger partial charge in [-0.15, -0.1) is 0 Å². The molecule has 0 bridgehead atoms. The van der Waals surface area contributed by atoms with Crippen molar-refractivity contribution in [3.63, 3.8) is 0 Å². The first kappa shape index (κ1) is 19.2. The minimum Gasteiger partial charge on any atom is -0.444 e. The van der Waals surface area contributed by atoms with Gasteiger partial charge in [0.25, 0.3) is 0 Å². The first-order valence-corrected chi connectivity index (χ1v) is 7.74. The molecule has 1 aliphatic rings. The minimum absolute atomic E-state index is 0.0497. The maximum absolute atomic E-state index is 12.2. The molecule has 1 rings (SSSR count). The Morgan fingerprint density at radius 1 is 1.00 bits per heavy atom. The van der Waals surface area contributed by atoms with Gasteiger partial charge in [-0.05, 0) is 27.2 Å². The molecule has 3 amide bonds. The maximum Gasteiger partial charge on any atom is 0.408 e. The number of nitrogens with zero attached hydrogens (tertiary/aromatic N) is 2. The molecular formula is C15H27N3O5. The Morgan fingerprint density at radius 3 is 2.09 bits per heavy atom. The standard InChI is InChI=1S/C15H27N3O5/c1-15(2,3)23-14(21)16-10-12(19)17-6-5-7-18(9-8-17)13(20)11-22-4/h5-11H2,1-4H3,(H,16,21). The molecular weight excluding hydrogens is 302 g/mol. The van der Waals surface area contributed by atoms with Gasteiger partial charge in [-0.2, -0.15) is 0 Å². The lowest BCUT2D eigenvalue weighted by molar-refractivity contribution is -0.136. The molecule has 0 saturated carbocycles. The smallest absolute Gasteiger partial charge is 0.408 e. The zero-order valence-corrected chi connectivity index (χ0v) is 14.4. The summed E-state index contributed by atoms with van der Waals surface area (Å²) in [5, 5.41) is 2.46. The van der Waals surface area contributed by atoms with Crippen molar-refractivity contribution in [3.8, 4) is 0 Å². The summed E-state index contributed by atoms with van der Waals surface area (Å²) in [5.74, 6) is -0.259. The number of rotatable bonds is 4. The van der Waals surface area contributed by atoms with E-state index in [2.05, 4.69) is 5.32 Å². The molecule has 0 aromatic carbocycles. The summed E-state index contributed by atoms with van der Waals surface area (Å²) in [7, 11) is 1.48. The summed E-state index contributed by atoms with van der Waals surface area (Å²) in [4.78, 5) is 38.8. The molecule has 0 aromatic heterocycles. The lowest BCUT2D eigenvalue weighted by Gasteiger charge is -2.23. The Hall–Kier alpha value is -1.83. The Morgan fingerprint density at radius 2 is 1.57 bits per heavy atom. The first-order chi connectivity index (χ1) is 10.7. The normalized spacial score (nSPS) is 15.8. The van der Waals surface area contributed by atoms with Crippen LogP contribution in [0.5, 0.6) is 0 Å². The molecule has 8 nitrogen and oxygen atoms in total. The second-order valence-electron chi connectivity index (χ2n) is 6.40. The summed E-state index contributed by atoms with van der Waals surface area (Å²) in [6, 6.07) is 0. The Bertz CT molecular complexity index is 433. The van der Waals surface area contributed by atoms with E-state index in [1.807, 2.05) is 0 Å². The number of carbonyl (C=O) groups is 3. The van der Waals surface area contributed by atoms with Crippen molar-refractivity contribution in [2.75, 3.05) is 46.4 Å². The molecule has 1 aliphatic heterocycles. The number of methoxy groups -OCH3 is 1. The third-order valence-electron chi connectivity index (χ3n) is 3.25. The lowest BCUT2D eigenvalue weighted by atomic mass is 10.2. The molecule has 1 heterocycles. The van der Waals surface area contributed by atoms with Crippen LogP contribution in [0.3, 0.4) is 0 Å². The topological polar surface area (TPSA) is 88.2 Å². The molecule has 1 fully saturated rings. The highest BCUT2D eigenvalue weighted by Gasteiger charge is 2.23. The van der Waals surface area contributed by atoms with Crippen LogP contribution >= 0.6 is 0 Å². The predicted octanol–water partition coefficient (Wildman–Crippen LogP) is 0.218. The fourth-order valence-electron chi connectivity index (χ4n) is 2.20. The average Bonchev–Trinajstić information content (AvgIpc) is 2.69. The Balaban J connectivity index is 2.40.